The summed E-state index contributed by atoms with van der Waals surface area (Å²) in [5.74, 6) is 0.603. The van der Waals surface area contributed by atoms with Gasteiger partial charge in [0.2, 0.25) is 0 Å². The summed E-state index contributed by atoms with van der Waals surface area (Å²) >= 11 is 0. The summed E-state index contributed by atoms with van der Waals surface area (Å²) in [5.41, 5.74) is 4.06. The molecule has 0 saturated heterocycles. The fourth-order valence-electron chi connectivity index (χ4n) is 2.78. The topological polar surface area (TPSA) is 0 Å². The van der Waals surface area contributed by atoms with Crippen molar-refractivity contribution in [2.75, 3.05) is 0 Å². The van der Waals surface area contributed by atoms with Gasteiger partial charge in [-0.15, -0.1) is 0 Å². The van der Waals surface area contributed by atoms with Gasteiger partial charge in [-0.1, -0.05) is 119 Å². The molecule has 26 heavy (non-hydrogen) atoms. The van der Waals surface area contributed by atoms with Gasteiger partial charge in [0.15, 0.2) is 0 Å². The van der Waals surface area contributed by atoms with Crippen molar-refractivity contribution >= 4 is 16.8 Å². The Morgan fingerprint density at radius 3 is 2.15 bits per heavy atom. The van der Waals surface area contributed by atoms with Crippen LogP contribution in [0.5, 0.6) is 0 Å². The first-order valence-electron chi connectivity index (χ1n) is 9.82. The molecule has 0 aliphatic heterocycles. The number of benzene rings is 3. The zero-order valence-electron chi connectivity index (χ0n) is 17.3. The molecule has 0 nitrogen and oxygen atoms in total. The van der Waals surface area contributed by atoms with Crippen LogP contribution in [0.25, 0.3) is 16.8 Å². The molecule has 0 unspecified atom stereocenters. The highest BCUT2D eigenvalue weighted by Gasteiger charge is 2.02. The standard InChI is InChI=1S/C13H14.C11H14.C2H6/c1-10(2)12-9-5-7-11-6-3-4-8-13(11)12;1-3-4-7-11-8-5-6-10(2)9-11;1-2/h3-10H,1-2H3;4-9H,3H2,1-2H3;1-2H3/b;7-4+;. The normalized spacial score (nSPS) is 10.3. The van der Waals surface area contributed by atoms with Crippen molar-refractivity contribution in [1.29, 1.82) is 0 Å². The fraction of sp³-hybridized carbons (Fsp3) is 0.308. The molecule has 0 fully saturated rings. The lowest BCUT2D eigenvalue weighted by Crippen LogP contribution is -1.88. The number of hydrogen-bond acceptors (Lipinski definition) is 0. The first-order valence-corrected chi connectivity index (χ1v) is 9.82. The molecule has 0 amide bonds. The van der Waals surface area contributed by atoms with Crippen LogP contribution in [0, 0.1) is 6.92 Å². The van der Waals surface area contributed by atoms with Crippen molar-refractivity contribution in [2.24, 2.45) is 0 Å². The zero-order chi connectivity index (χ0) is 19.4. The average molecular weight is 347 g/mol. The van der Waals surface area contributed by atoms with Crippen molar-refractivity contribution in [3.8, 4) is 0 Å². The number of aryl methyl sites for hydroxylation is 1. The van der Waals surface area contributed by atoms with Gasteiger partial charge in [0.1, 0.15) is 0 Å². The van der Waals surface area contributed by atoms with E-state index in [0.717, 1.165) is 6.42 Å². The lowest BCUT2D eigenvalue weighted by atomic mass is 9.96. The Morgan fingerprint density at radius 2 is 1.50 bits per heavy atom. The van der Waals surface area contributed by atoms with Gasteiger partial charge >= 0.3 is 0 Å². The maximum atomic E-state index is 2.24. The molecule has 0 aliphatic rings. The Labute approximate surface area is 160 Å². The van der Waals surface area contributed by atoms with Crippen LogP contribution in [0.1, 0.15) is 63.6 Å². The summed E-state index contributed by atoms with van der Waals surface area (Å²) in [6.45, 7) is 12.7. The summed E-state index contributed by atoms with van der Waals surface area (Å²) < 4.78 is 0. The van der Waals surface area contributed by atoms with E-state index < -0.39 is 0 Å². The summed E-state index contributed by atoms with van der Waals surface area (Å²) in [6.07, 6.45) is 5.44. The molecule has 0 saturated carbocycles. The van der Waals surface area contributed by atoms with Crippen LogP contribution in [0.4, 0.5) is 0 Å². The summed E-state index contributed by atoms with van der Waals surface area (Å²) in [5, 5.41) is 2.73. The average Bonchev–Trinajstić information content (AvgIpc) is 2.68. The van der Waals surface area contributed by atoms with Crippen LogP contribution in [0.15, 0.2) is 72.8 Å². The van der Waals surface area contributed by atoms with Crippen LogP contribution >= 0.6 is 0 Å². The zero-order valence-corrected chi connectivity index (χ0v) is 17.3. The molecule has 3 aromatic rings. The van der Waals surface area contributed by atoms with E-state index in [2.05, 4.69) is 107 Å². The Balaban J connectivity index is 0.000000241. The minimum atomic E-state index is 0.603. The number of fused-ring (bicyclic) bond motifs is 1. The molecule has 0 spiro atoms. The molecule has 0 aliphatic carbocycles. The smallest absolute Gasteiger partial charge is 0.0149 e. The van der Waals surface area contributed by atoms with E-state index >= 15 is 0 Å². The fourth-order valence-corrected chi connectivity index (χ4v) is 2.78. The van der Waals surface area contributed by atoms with Crippen LogP contribution in [0.2, 0.25) is 0 Å². The van der Waals surface area contributed by atoms with Gasteiger partial charge in [-0.05, 0) is 41.2 Å². The number of rotatable bonds is 3. The maximum absolute atomic E-state index is 2.24. The molecular formula is C26H34. The second-order valence-electron chi connectivity index (χ2n) is 6.45. The molecule has 138 valence electrons. The second-order valence-corrected chi connectivity index (χ2v) is 6.45. The van der Waals surface area contributed by atoms with Gasteiger partial charge in [0, 0.05) is 0 Å². The second kappa shape index (κ2) is 12.1. The van der Waals surface area contributed by atoms with E-state index in [-0.39, 0.29) is 0 Å². The van der Waals surface area contributed by atoms with Crippen molar-refractivity contribution in [3.05, 3.63) is 89.5 Å². The molecule has 3 aromatic carbocycles. The van der Waals surface area contributed by atoms with Gasteiger partial charge in [0.05, 0.1) is 0 Å². The van der Waals surface area contributed by atoms with Crippen LogP contribution < -0.4 is 0 Å². The maximum Gasteiger partial charge on any atom is -0.0149 e. The largest absolute Gasteiger partial charge is 0.0842 e. The van der Waals surface area contributed by atoms with E-state index in [1.165, 1.54) is 27.5 Å². The third kappa shape index (κ3) is 6.88. The van der Waals surface area contributed by atoms with E-state index in [9.17, 15) is 0 Å². The van der Waals surface area contributed by atoms with E-state index in [1.54, 1.807) is 0 Å². The van der Waals surface area contributed by atoms with Crippen LogP contribution in [-0.2, 0) is 0 Å². The Kier molecular flexibility index (Phi) is 10.1. The molecule has 0 bridgehead atoms. The first-order chi connectivity index (χ1) is 12.6. The quantitative estimate of drug-likeness (QED) is 0.446. The van der Waals surface area contributed by atoms with Gasteiger partial charge in [0.25, 0.3) is 0 Å². The molecule has 0 atom stereocenters. The molecule has 0 heterocycles. The molecule has 3 rings (SSSR count). The molecule has 0 radical (unpaired) electrons. The van der Waals surface area contributed by atoms with E-state index in [1.807, 2.05) is 13.8 Å². The van der Waals surface area contributed by atoms with Crippen molar-refractivity contribution in [3.63, 3.8) is 0 Å². The van der Waals surface area contributed by atoms with Gasteiger partial charge in [-0.2, -0.15) is 0 Å². The van der Waals surface area contributed by atoms with Crippen molar-refractivity contribution < 1.29 is 0 Å². The lowest BCUT2D eigenvalue weighted by molar-refractivity contribution is 0.876. The highest BCUT2D eigenvalue weighted by Crippen LogP contribution is 2.24. The Bertz CT molecular complexity index is 789. The monoisotopic (exact) mass is 346 g/mol. The lowest BCUT2D eigenvalue weighted by Gasteiger charge is -2.08. The first kappa shape index (κ1) is 21.7. The minimum Gasteiger partial charge on any atom is -0.0842 e. The summed E-state index contributed by atoms with van der Waals surface area (Å²) in [7, 11) is 0. The van der Waals surface area contributed by atoms with Gasteiger partial charge < -0.3 is 0 Å². The summed E-state index contributed by atoms with van der Waals surface area (Å²) in [6, 6.07) is 23.6. The van der Waals surface area contributed by atoms with Crippen molar-refractivity contribution in [1.82, 2.24) is 0 Å². The van der Waals surface area contributed by atoms with Crippen molar-refractivity contribution in [2.45, 2.75) is 53.9 Å². The molecule has 0 heteroatoms. The van der Waals surface area contributed by atoms with E-state index in [0.29, 0.717) is 5.92 Å². The number of allylic oxidation sites excluding steroid dienone is 1. The predicted molar refractivity (Wildman–Crippen MR) is 120 cm³/mol. The molecule has 0 aromatic heterocycles. The third-order valence-electron chi connectivity index (χ3n) is 4.03. The molecule has 0 N–H and O–H groups in total. The van der Waals surface area contributed by atoms with Gasteiger partial charge in [-0.3, -0.25) is 0 Å². The van der Waals surface area contributed by atoms with Gasteiger partial charge in [-0.25, -0.2) is 0 Å². The third-order valence-corrected chi connectivity index (χ3v) is 4.03. The number of hydrogen-bond donors (Lipinski definition) is 0. The highest BCUT2D eigenvalue weighted by atomic mass is 14.1. The van der Waals surface area contributed by atoms with Crippen LogP contribution in [0.3, 0.4) is 0 Å². The predicted octanol–water partition coefficient (Wildman–Crippen LogP) is 8.41. The molecular weight excluding hydrogens is 312 g/mol. The Hall–Kier alpha value is -2.34. The minimum absolute atomic E-state index is 0.603. The highest BCUT2D eigenvalue weighted by molar-refractivity contribution is 5.86. The summed E-state index contributed by atoms with van der Waals surface area (Å²) in [4.78, 5) is 0. The van der Waals surface area contributed by atoms with Crippen LogP contribution in [-0.4, -0.2) is 0 Å². The Morgan fingerprint density at radius 1 is 0.846 bits per heavy atom. The SMILES string of the molecule is CC.CC(C)c1cccc2ccccc12.CC/C=C/c1cccc(C)c1. The van der Waals surface area contributed by atoms with E-state index in [4.69, 9.17) is 0 Å².